The molecule has 0 radical (unpaired) electrons. The maximum atomic E-state index is 6.25. The van der Waals surface area contributed by atoms with Crippen molar-refractivity contribution in [1.29, 1.82) is 0 Å². The van der Waals surface area contributed by atoms with Crippen LogP contribution in [-0.2, 0) is 4.74 Å². The number of piperidine rings is 1. The second kappa shape index (κ2) is 7.67. The first-order chi connectivity index (χ1) is 10.7. The van der Waals surface area contributed by atoms with E-state index in [0.717, 1.165) is 43.4 Å². The first-order valence-electron chi connectivity index (χ1n) is 8.54. The zero-order chi connectivity index (χ0) is 15.4. The molecule has 0 saturated carbocycles. The average Bonchev–Trinajstić information content (AvgIpc) is 2.57. The van der Waals surface area contributed by atoms with Gasteiger partial charge in [0.25, 0.3) is 0 Å². The van der Waals surface area contributed by atoms with Gasteiger partial charge in [-0.05, 0) is 56.2 Å². The normalized spacial score (nSPS) is 23.7. The third kappa shape index (κ3) is 4.15. The molecular formula is C18H27ClN2O. The lowest BCUT2D eigenvalue weighted by Crippen LogP contribution is -2.44. The van der Waals surface area contributed by atoms with Crippen LogP contribution in [0.2, 0.25) is 5.02 Å². The number of nitrogens with one attached hydrogen (secondary N) is 1. The molecule has 2 aliphatic heterocycles. The molecule has 1 N–H and O–H groups in total. The first kappa shape index (κ1) is 16.1. The lowest BCUT2D eigenvalue weighted by Gasteiger charge is -2.35. The standard InChI is InChI=1S/C18H27ClN2O/c1-14-4-5-17(11-18(14)19)21-8-6-16(7-9-21)20-12-15-3-2-10-22-13-15/h4-5,11,15-16,20H,2-3,6-10,12-13H2,1H3. The van der Waals surface area contributed by atoms with E-state index in [-0.39, 0.29) is 0 Å². The van der Waals surface area contributed by atoms with Gasteiger partial charge in [0.05, 0.1) is 6.61 Å². The molecule has 4 heteroatoms. The Labute approximate surface area is 139 Å². The van der Waals surface area contributed by atoms with Gasteiger partial charge in [-0.3, -0.25) is 0 Å². The highest BCUT2D eigenvalue weighted by molar-refractivity contribution is 6.31. The van der Waals surface area contributed by atoms with E-state index >= 15 is 0 Å². The number of benzene rings is 1. The summed E-state index contributed by atoms with van der Waals surface area (Å²) in [6.07, 6.45) is 4.95. The maximum Gasteiger partial charge on any atom is 0.0506 e. The van der Waals surface area contributed by atoms with Gasteiger partial charge in [0.2, 0.25) is 0 Å². The van der Waals surface area contributed by atoms with Crippen LogP contribution in [0.25, 0.3) is 0 Å². The van der Waals surface area contributed by atoms with Crippen molar-refractivity contribution in [2.75, 3.05) is 37.7 Å². The van der Waals surface area contributed by atoms with E-state index in [4.69, 9.17) is 16.3 Å². The maximum absolute atomic E-state index is 6.25. The quantitative estimate of drug-likeness (QED) is 0.916. The van der Waals surface area contributed by atoms with Gasteiger partial charge in [-0.2, -0.15) is 0 Å². The van der Waals surface area contributed by atoms with Crippen LogP contribution >= 0.6 is 11.6 Å². The van der Waals surface area contributed by atoms with E-state index in [0.29, 0.717) is 12.0 Å². The molecule has 1 unspecified atom stereocenters. The van der Waals surface area contributed by atoms with Crippen LogP contribution in [0.4, 0.5) is 5.69 Å². The monoisotopic (exact) mass is 322 g/mol. The van der Waals surface area contributed by atoms with Crippen molar-refractivity contribution in [2.24, 2.45) is 5.92 Å². The lowest BCUT2D eigenvalue weighted by molar-refractivity contribution is 0.0535. The van der Waals surface area contributed by atoms with Crippen molar-refractivity contribution in [2.45, 2.75) is 38.6 Å². The number of anilines is 1. The highest BCUT2D eigenvalue weighted by Crippen LogP contribution is 2.25. The molecule has 1 aromatic rings. The van der Waals surface area contributed by atoms with Crippen molar-refractivity contribution in [3.05, 3.63) is 28.8 Å². The van der Waals surface area contributed by atoms with Crippen LogP contribution in [0, 0.1) is 12.8 Å². The SMILES string of the molecule is Cc1ccc(N2CCC(NCC3CCCOC3)CC2)cc1Cl. The Bertz CT molecular complexity index is 480. The third-order valence-electron chi connectivity index (χ3n) is 4.97. The minimum absolute atomic E-state index is 0.652. The minimum atomic E-state index is 0.652. The van der Waals surface area contributed by atoms with Crippen molar-refractivity contribution in [3.63, 3.8) is 0 Å². The van der Waals surface area contributed by atoms with Crippen molar-refractivity contribution >= 4 is 17.3 Å². The second-order valence-corrected chi connectivity index (χ2v) is 7.09. The van der Waals surface area contributed by atoms with Crippen molar-refractivity contribution < 1.29 is 4.74 Å². The number of hydrogen-bond acceptors (Lipinski definition) is 3. The highest BCUT2D eigenvalue weighted by atomic mass is 35.5. The number of hydrogen-bond donors (Lipinski definition) is 1. The van der Waals surface area contributed by atoms with E-state index in [2.05, 4.69) is 35.3 Å². The Balaban J connectivity index is 1.44. The number of nitrogens with zero attached hydrogens (tertiary/aromatic N) is 1. The molecule has 122 valence electrons. The fourth-order valence-corrected chi connectivity index (χ4v) is 3.60. The molecule has 1 atom stereocenters. The summed E-state index contributed by atoms with van der Waals surface area (Å²) in [4.78, 5) is 2.45. The zero-order valence-corrected chi connectivity index (χ0v) is 14.2. The van der Waals surface area contributed by atoms with E-state index in [1.165, 1.54) is 31.4 Å². The summed E-state index contributed by atoms with van der Waals surface area (Å²) in [5.74, 6) is 0.711. The molecule has 1 aromatic carbocycles. The van der Waals surface area contributed by atoms with Crippen molar-refractivity contribution in [1.82, 2.24) is 5.32 Å². The topological polar surface area (TPSA) is 24.5 Å². The Morgan fingerprint density at radius 1 is 1.27 bits per heavy atom. The molecule has 2 aliphatic rings. The largest absolute Gasteiger partial charge is 0.381 e. The highest BCUT2D eigenvalue weighted by Gasteiger charge is 2.21. The third-order valence-corrected chi connectivity index (χ3v) is 5.37. The first-order valence-corrected chi connectivity index (χ1v) is 8.92. The van der Waals surface area contributed by atoms with Gasteiger partial charge < -0.3 is 15.0 Å². The Morgan fingerprint density at radius 2 is 2.09 bits per heavy atom. The van der Waals surface area contributed by atoms with Crippen molar-refractivity contribution in [3.8, 4) is 0 Å². The summed E-state index contributed by atoms with van der Waals surface area (Å²) >= 11 is 6.25. The van der Waals surface area contributed by atoms with E-state index in [1.807, 2.05) is 0 Å². The number of aryl methyl sites for hydroxylation is 1. The molecule has 2 heterocycles. The molecular weight excluding hydrogens is 296 g/mol. The van der Waals surface area contributed by atoms with Gasteiger partial charge in [0.15, 0.2) is 0 Å². The molecule has 0 aliphatic carbocycles. The number of halogens is 1. The van der Waals surface area contributed by atoms with Gasteiger partial charge in [-0.25, -0.2) is 0 Å². The van der Waals surface area contributed by atoms with E-state index in [9.17, 15) is 0 Å². The van der Waals surface area contributed by atoms with Crippen LogP contribution in [0.1, 0.15) is 31.2 Å². The molecule has 0 bridgehead atoms. The molecule has 0 amide bonds. The summed E-state index contributed by atoms with van der Waals surface area (Å²) in [5.41, 5.74) is 2.41. The Hall–Kier alpha value is -0.770. The summed E-state index contributed by atoms with van der Waals surface area (Å²) in [6.45, 7) is 7.27. The van der Waals surface area contributed by atoms with Crippen LogP contribution in [0.3, 0.4) is 0 Å². The van der Waals surface area contributed by atoms with Crippen LogP contribution in [-0.4, -0.2) is 38.9 Å². The summed E-state index contributed by atoms with van der Waals surface area (Å²) < 4.78 is 5.56. The fraction of sp³-hybridized carbons (Fsp3) is 0.667. The van der Waals surface area contributed by atoms with Gasteiger partial charge in [-0.1, -0.05) is 17.7 Å². The van der Waals surface area contributed by atoms with Gasteiger partial charge in [0.1, 0.15) is 0 Å². The molecule has 0 spiro atoms. The Kier molecular flexibility index (Phi) is 5.61. The Morgan fingerprint density at radius 3 is 2.77 bits per heavy atom. The number of ether oxygens (including phenoxy) is 1. The molecule has 0 aromatic heterocycles. The summed E-state index contributed by atoms with van der Waals surface area (Å²) in [5, 5.41) is 4.62. The second-order valence-electron chi connectivity index (χ2n) is 6.69. The molecule has 3 rings (SSSR count). The van der Waals surface area contributed by atoms with Gasteiger partial charge >= 0.3 is 0 Å². The zero-order valence-electron chi connectivity index (χ0n) is 13.5. The average molecular weight is 323 g/mol. The van der Waals surface area contributed by atoms with Crippen LogP contribution < -0.4 is 10.2 Å². The molecule has 2 fully saturated rings. The lowest BCUT2D eigenvalue weighted by atomic mass is 9.99. The van der Waals surface area contributed by atoms with E-state index in [1.54, 1.807) is 0 Å². The van der Waals surface area contributed by atoms with E-state index < -0.39 is 0 Å². The molecule has 2 saturated heterocycles. The summed E-state index contributed by atoms with van der Waals surface area (Å²) in [7, 11) is 0. The van der Waals surface area contributed by atoms with Gasteiger partial charge in [0, 0.05) is 43.0 Å². The molecule has 3 nitrogen and oxygen atoms in total. The predicted octanol–water partition coefficient (Wildman–Crippen LogP) is 3.63. The molecule has 22 heavy (non-hydrogen) atoms. The predicted molar refractivity (Wildman–Crippen MR) is 93.0 cm³/mol. The minimum Gasteiger partial charge on any atom is -0.381 e. The smallest absolute Gasteiger partial charge is 0.0506 e. The number of rotatable bonds is 4. The van der Waals surface area contributed by atoms with Crippen LogP contribution in [0.15, 0.2) is 18.2 Å². The van der Waals surface area contributed by atoms with Crippen LogP contribution in [0.5, 0.6) is 0 Å². The fourth-order valence-electron chi connectivity index (χ4n) is 3.42. The summed E-state index contributed by atoms with van der Waals surface area (Å²) in [6, 6.07) is 7.06. The van der Waals surface area contributed by atoms with Gasteiger partial charge in [-0.15, -0.1) is 0 Å².